The van der Waals surface area contributed by atoms with Crippen LogP contribution in [0.1, 0.15) is 44.7 Å². The van der Waals surface area contributed by atoms with E-state index < -0.39 is 28.5 Å². The normalized spacial score (nSPS) is 12.7. The number of benzene rings is 3. The molecule has 2 atom stereocenters. The Hall–Kier alpha value is -3.85. The molecule has 0 saturated heterocycles. The van der Waals surface area contributed by atoms with Gasteiger partial charge in [0.2, 0.25) is 11.8 Å². The van der Waals surface area contributed by atoms with Gasteiger partial charge in [-0.15, -0.1) is 0 Å². The number of carbonyl (C=O) groups is 2. The summed E-state index contributed by atoms with van der Waals surface area (Å²) in [7, 11) is -2.64. The highest BCUT2D eigenvalue weighted by molar-refractivity contribution is 7.92. The molecule has 0 saturated carbocycles. The quantitative estimate of drug-likeness (QED) is 0.317. The van der Waals surface area contributed by atoms with Crippen molar-refractivity contribution in [2.75, 3.05) is 18.0 Å². The first-order chi connectivity index (χ1) is 19.1. The number of anilines is 1. The van der Waals surface area contributed by atoms with Gasteiger partial charge >= 0.3 is 0 Å². The predicted octanol–water partition coefficient (Wildman–Crippen LogP) is 4.92. The Balaban J connectivity index is 2.07. The van der Waals surface area contributed by atoms with Crippen molar-refractivity contribution in [1.29, 1.82) is 0 Å². The van der Waals surface area contributed by atoms with Gasteiger partial charge in [-0.1, -0.05) is 67.9 Å². The van der Waals surface area contributed by atoms with E-state index in [0.29, 0.717) is 12.2 Å². The summed E-state index contributed by atoms with van der Waals surface area (Å²) in [4.78, 5) is 29.0. The van der Waals surface area contributed by atoms with Gasteiger partial charge in [0.15, 0.2) is 0 Å². The van der Waals surface area contributed by atoms with Gasteiger partial charge < -0.3 is 15.0 Å². The zero-order valence-electron chi connectivity index (χ0n) is 23.8. The maximum absolute atomic E-state index is 14.1. The van der Waals surface area contributed by atoms with E-state index in [1.807, 2.05) is 52.0 Å². The summed E-state index contributed by atoms with van der Waals surface area (Å²) in [5, 5.41) is 2.99. The van der Waals surface area contributed by atoms with Gasteiger partial charge in [-0.05, 0) is 56.5 Å². The summed E-state index contributed by atoms with van der Waals surface area (Å²) in [6.45, 7) is 7.35. The van der Waals surface area contributed by atoms with Crippen molar-refractivity contribution >= 4 is 27.5 Å². The number of methoxy groups -OCH3 is 1. The molecule has 0 aliphatic carbocycles. The molecule has 0 aliphatic rings. The van der Waals surface area contributed by atoms with Crippen LogP contribution in [0.3, 0.4) is 0 Å². The molecule has 214 valence electrons. The molecule has 0 bridgehead atoms. The average molecular weight is 566 g/mol. The SMILES string of the molecule is CC[C@H](C)NC(=O)[C@H](CC)N(Cc1cccc(C)c1)C(=O)CN(c1cccc(OC)c1)S(=O)(=O)c1ccccc1. The molecule has 0 radical (unpaired) electrons. The number of amides is 2. The Kier molecular flexibility index (Phi) is 10.7. The number of ether oxygens (including phenoxy) is 1. The minimum atomic E-state index is -4.13. The van der Waals surface area contributed by atoms with Crippen molar-refractivity contribution < 1.29 is 22.7 Å². The third-order valence-corrected chi connectivity index (χ3v) is 8.56. The largest absolute Gasteiger partial charge is 0.497 e. The van der Waals surface area contributed by atoms with Gasteiger partial charge in [-0.25, -0.2) is 8.42 Å². The summed E-state index contributed by atoms with van der Waals surface area (Å²) < 4.78 is 34.2. The maximum atomic E-state index is 14.1. The Bertz CT molecular complexity index is 1390. The third kappa shape index (κ3) is 7.63. The van der Waals surface area contributed by atoms with E-state index in [9.17, 15) is 18.0 Å². The monoisotopic (exact) mass is 565 g/mol. The van der Waals surface area contributed by atoms with Crippen molar-refractivity contribution in [3.8, 4) is 5.75 Å². The van der Waals surface area contributed by atoms with Gasteiger partial charge in [-0.3, -0.25) is 13.9 Å². The van der Waals surface area contributed by atoms with Crippen molar-refractivity contribution in [2.45, 2.75) is 64.1 Å². The smallest absolute Gasteiger partial charge is 0.264 e. The number of aryl methyl sites for hydroxylation is 1. The number of nitrogens with zero attached hydrogens (tertiary/aromatic N) is 2. The van der Waals surface area contributed by atoms with E-state index in [4.69, 9.17) is 4.74 Å². The standard InChI is InChI=1S/C31H39N3O5S/c1-6-24(4)32-31(36)29(7-2)33(21-25-14-11-13-23(3)19-25)30(35)22-34(26-15-12-16-27(20-26)39-5)40(37,38)28-17-9-8-10-18-28/h8-20,24,29H,6-7,21-22H2,1-5H3,(H,32,36)/t24-,29-/m0/s1. The van der Waals surface area contributed by atoms with Crippen LogP contribution in [0.5, 0.6) is 5.75 Å². The number of sulfonamides is 1. The van der Waals surface area contributed by atoms with Crippen LogP contribution in [0.2, 0.25) is 0 Å². The molecule has 0 aliphatic heterocycles. The minimum absolute atomic E-state index is 0.0532. The number of carbonyl (C=O) groups excluding carboxylic acids is 2. The molecular weight excluding hydrogens is 526 g/mol. The molecule has 8 nitrogen and oxygen atoms in total. The van der Waals surface area contributed by atoms with Crippen LogP contribution in [0.15, 0.2) is 83.8 Å². The molecule has 0 unspecified atom stereocenters. The highest BCUT2D eigenvalue weighted by Gasteiger charge is 2.34. The fraction of sp³-hybridized carbons (Fsp3) is 0.355. The van der Waals surface area contributed by atoms with E-state index in [1.165, 1.54) is 24.1 Å². The fourth-order valence-corrected chi connectivity index (χ4v) is 5.81. The van der Waals surface area contributed by atoms with Gasteiger partial charge in [0.25, 0.3) is 10.0 Å². The lowest BCUT2D eigenvalue weighted by Crippen LogP contribution is -2.53. The molecule has 0 heterocycles. The van der Waals surface area contributed by atoms with Crippen molar-refractivity contribution in [1.82, 2.24) is 10.2 Å². The Morgan fingerprint density at radius 2 is 1.62 bits per heavy atom. The van der Waals surface area contributed by atoms with Crippen LogP contribution in [0.4, 0.5) is 5.69 Å². The second kappa shape index (κ2) is 14.0. The van der Waals surface area contributed by atoms with Crippen LogP contribution in [0, 0.1) is 6.92 Å². The predicted molar refractivity (Wildman–Crippen MR) is 158 cm³/mol. The van der Waals surface area contributed by atoms with Gasteiger partial charge in [-0.2, -0.15) is 0 Å². The molecular formula is C31H39N3O5S. The second-order valence-corrected chi connectivity index (χ2v) is 11.6. The number of hydrogen-bond donors (Lipinski definition) is 1. The number of hydrogen-bond acceptors (Lipinski definition) is 5. The first-order valence-corrected chi connectivity index (χ1v) is 14.9. The summed E-state index contributed by atoms with van der Waals surface area (Å²) in [6, 6.07) is 21.4. The molecule has 0 aromatic heterocycles. The van der Waals surface area contributed by atoms with Crippen LogP contribution in [-0.4, -0.2) is 50.9 Å². The lowest BCUT2D eigenvalue weighted by Gasteiger charge is -2.33. The van der Waals surface area contributed by atoms with E-state index in [0.717, 1.165) is 21.9 Å². The number of nitrogens with one attached hydrogen (secondary N) is 1. The van der Waals surface area contributed by atoms with Crippen molar-refractivity contribution in [3.05, 3.63) is 90.0 Å². The lowest BCUT2D eigenvalue weighted by atomic mass is 10.1. The summed E-state index contributed by atoms with van der Waals surface area (Å²) in [5.74, 6) is -0.305. The minimum Gasteiger partial charge on any atom is -0.497 e. The molecule has 3 aromatic rings. The Morgan fingerprint density at radius 3 is 2.25 bits per heavy atom. The maximum Gasteiger partial charge on any atom is 0.264 e. The molecule has 1 N–H and O–H groups in total. The zero-order valence-corrected chi connectivity index (χ0v) is 24.6. The summed E-state index contributed by atoms with van der Waals surface area (Å²) in [6.07, 6.45) is 1.11. The topological polar surface area (TPSA) is 96.0 Å². The van der Waals surface area contributed by atoms with Crippen LogP contribution >= 0.6 is 0 Å². The van der Waals surface area contributed by atoms with Crippen molar-refractivity contribution in [2.24, 2.45) is 0 Å². The van der Waals surface area contributed by atoms with Gasteiger partial charge in [0, 0.05) is 18.7 Å². The first kappa shape index (κ1) is 30.7. The van der Waals surface area contributed by atoms with Crippen LogP contribution < -0.4 is 14.4 Å². The Morgan fingerprint density at radius 1 is 0.925 bits per heavy atom. The highest BCUT2D eigenvalue weighted by Crippen LogP contribution is 2.27. The zero-order chi connectivity index (χ0) is 29.3. The van der Waals surface area contributed by atoms with E-state index in [-0.39, 0.29) is 29.1 Å². The highest BCUT2D eigenvalue weighted by atomic mass is 32.2. The molecule has 2 amide bonds. The van der Waals surface area contributed by atoms with E-state index >= 15 is 0 Å². The third-order valence-electron chi connectivity index (χ3n) is 6.77. The summed E-state index contributed by atoms with van der Waals surface area (Å²) in [5.41, 5.74) is 2.15. The molecule has 9 heteroatoms. The molecule has 3 rings (SSSR count). The van der Waals surface area contributed by atoms with Crippen molar-refractivity contribution in [3.63, 3.8) is 0 Å². The van der Waals surface area contributed by atoms with E-state index in [1.54, 1.807) is 42.5 Å². The van der Waals surface area contributed by atoms with Gasteiger partial charge in [0.05, 0.1) is 17.7 Å². The van der Waals surface area contributed by atoms with Crippen LogP contribution in [-0.2, 0) is 26.2 Å². The molecule has 0 spiro atoms. The first-order valence-electron chi connectivity index (χ1n) is 13.5. The molecule has 40 heavy (non-hydrogen) atoms. The molecule has 3 aromatic carbocycles. The second-order valence-electron chi connectivity index (χ2n) is 9.78. The average Bonchev–Trinajstić information content (AvgIpc) is 2.96. The van der Waals surface area contributed by atoms with Gasteiger partial charge in [0.1, 0.15) is 18.3 Å². The summed E-state index contributed by atoms with van der Waals surface area (Å²) >= 11 is 0. The fourth-order valence-electron chi connectivity index (χ4n) is 4.38. The molecule has 0 fully saturated rings. The number of rotatable bonds is 13. The Labute approximate surface area is 238 Å². The lowest BCUT2D eigenvalue weighted by molar-refractivity contribution is -0.140. The van der Waals surface area contributed by atoms with E-state index in [2.05, 4.69) is 5.32 Å². The van der Waals surface area contributed by atoms with Crippen LogP contribution in [0.25, 0.3) is 0 Å².